The molecule has 4 rings (SSSR count). The van der Waals surface area contributed by atoms with Crippen LogP contribution in [0.1, 0.15) is 54.2 Å². The fourth-order valence-electron chi connectivity index (χ4n) is 5.62. The van der Waals surface area contributed by atoms with E-state index in [2.05, 4.69) is 36.3 Å². The molecule has 2 aromatic carbocycles. The van der Waals surface area contributed by atoms with Crippen molar-refractivity contribution in [2.75, 3.05) is 32.7 Å². The molecule has 1 unspecified atom stereocenters. The third kappa shape index (κ3) is 6.29. The van der Waals surface area contributed by atoms with Gasteiger partial charge in [0.2, 0.25) is 0 Å². The molecule has 0 aliphatic carbocycles. The normalized spacial score (nSPS) is 21.9. The molecule has 196 valence electrons. The number of hydrogen-bond acceptors (Lipinski definition) is 5. The molecule has 2 saturated heterocycles. The molecule has 2 N–H and O–H groups in total. The number of piperazine rings is 1. The number of amides is 1. The number of carboxylic acid groups (broad SMARTS) is 1. The van der Waals surface area contributed by atoms with Gasteiger partial charge >= 0.3 is 5.97 Å². The Labute approximate surface area is 219 Å². The molecule has 7 heteroatoms. The highest BCUT2D eigenvalue weighted by molar-refractivity contribution is 5.94. The van der Waals surface area contributed by atoms with Crippen molar-refractivity contribution in [3.8, 4) is 5.75 Å². The molecule has 2 fully saturated rings. The molecule has 0 saturated carbocycles. The van der Waals surface area contributed by atoms with Crippen LogP contribution >= 0.6 is 0 Å². The van der Waals surface area contributed by atoms with E-state index in [-0.39, 0.29) is 23.7 Å². The fourth-order valence-corrected chi connectivity index (χ4v) is 5.62. The number of hydrogen-bond donors (Lipinski definition) is 2. The van der Waals surface area contributed by atoms with Crippen LogP contribution in [0.15, 0.2) is 72.8 Å². The summed E-state index contributed by atoms with van der Waals surface area (Å²) < 4.78 is 0. The first kappa shape index (κ1) is 26.6. The van der Waals surface area contributed by atoms with Crippen LogP contribution in [0.4, 0.5) is 0 Å². The zero-order valence-corrected chi connectivity index (χ0v) is 21.7. The largest absolute Gasteiger partial charge is 0.508 e. The lowest BCUT2D eigenvalue weighted by Gasteiger charge is -2.47. The average molecular weight is 504 g/mol. The predicted molar refractivity (Wildman–Crippen MR) is 145 cm³/mol. The summed E-state index contributed by atoms with van der Waals surface area (Å²) in [6.07, 6.45) is 4.36. The molecule has 0 aromatic heterocycles. The van der Waals surface area contributed by atoms with Crippen molar-refractivity contribution in [1.29, 1.82) is 0 Å². The van der Waals surface area contributed by atoms with Crippen molar-refractivity contribution in [1.82, 2.24) is 14.7 Å². The number of benzene rings is 2. The summed E-state index contributed by atoms with van der Waals surface area (Å²) in [5.74, 6) is -0.753. The van der Waals surface area contributed by atoms with Crippen LogP contribution in [0, 0.1) is 0 Å². The Balaban J connectivity index is 1.62. The quantitative estimate of drug-likeness (QED) is 0.433. The van der Waals surface area contributed by atoms with E-state index >= 15 is 0 Å². The van der Waals surface area contributed by atoms with Gasteiger partial charge in [0.05, 0.1) is 6.04 Å². The van der Waals surface area contributed by atoms with Crippen LogP contribution in [0.5, 0.6) is 5.75 Å². The number of phenols is 1. The van der Waals surface area contributed by atoms with Crippen molar-refractivity contribution in [3.63, 3.8) is 0 Å². The molecular weight excluding hydrogens is 466 g/mol. The molecule has 0 spiro atoms. The van der Waals surface area contributed by atoms with Gasteiger partial charge in [0.15, 0.2) is 0 Å². The van der Waals surface area contributed by atoms with E-state index in [0.29, 0.717) is 37.5 Å². The van der Waals surface area contributed by atoms with E-state index in [0.717, 1.165) is 36.3 Å². The van der Waals surface area contributed by atoms with Crippen LogP contribution in [-0.4, -0.2) is 81.6 Å². The second-order valence-electron chi connectivity index (χ2n) is 10.2. The summed E-state index contributed by atoms with van der Waals surface area (Å²) in [5, 5.41) is 19.3. The van der Waals surface area contributed by atoms with Gasteiger partial charge in [-0.05, 0) is 62.1 Å². The minimum absolute atomic E-state index is 0.0388. The van der Waals surface area contributed by atoms with E-state index in [4.69, 9.17) is 5.11 Å². The van der Waals surface area contributed by atoms with Crippen molar-refractivity contribution < 1.29 is 19.8 Å². The molecule has 2 aliphatic rings. The van der Waals surface area contributed by atoms with E-state index < -0.39 is 5.97 Å². The summed E-state index contributed by atoms with van der Waals surface area (Å²) in [4.78, 5) is 31.1. The third-order valence-electron chi connectivity index (χ3n) is 7.51. The van der Waals surface area contributed by atoms with Gasteiger partial charge in [-0.1, -0.05) is 35.9 Å². The molecule has 7 nitrogen and oxygen atoms in total. The summed E-state index contributed by atoms with van der Waals surface area (Å²) in [7, 11) is 0. The van der Waals surface area contributed by atoms with Gasteiger partial charge in [-0.25, -0.2) is 4.79 Å². The molecule has 1 amide bonds. The number of likely N-dealkylation sites (tertiary alicyclic amines) is 1. The summed E-state index contributed by atoms with van der Waals surface area (Å²) in [6.45, 7) is 12.0. The van der Waals surface area contributed by atoms with Gasteiger partial charge < -0.3 is 15.1 Å². The average Bonchev–Trinajstić information content (AvgIpc) is 2.87. The molecule has 0 radical (unpaired) electrons. The maximum Gasteiger partial charge on any atom is 0.328 e. The third-order valence-corrected chi connectivity index (χ3v) is 7.51. The Bertz CT molecular complexity index is 1170. The van der Waals surface area contributed by atoms with Crippen LogP contribution < -0.4 is 0 Å². The Kier molecular flexibility index (Phi) is 8.46. The van der Waals surface area contributed by atoms with Gasteiger partial charge in [0.25, 0.3) is 5.91 Å². The Morgan fingerprint density at radius 3 is 2.35 bits per heavy atom. The van der Waals surface area contributed by atoms with Gasteiger partial charge in [0, 0.05) is 56.4 Å². The number of carbonyl (C=O) groups is 2. The lowest BCUT2D eigenvalue weighted by Crippen LogP contribution is -2.57. The number of nitrogens with zero attached hydrogens (tertiary/aromatic N) is 3. The van der Waals surface area contributed by atoms with Gasteiger partial charge in [-0.15, -0.1) is 6.58 Å². The van der Waals surface area contributed by atoms with Crippen LogP contribution in [0.25, 0.3) is 0 Å². The molecule has 2 aliphatic heterocycles. The minimum atomic E-state index is -0.936. The van der Waals surface area contributed by atoms with E-state index in [9.17, 15) is 14.7 Å². The maximum absolute atomic E-state index is 13.4. The number of carbonyl (C=O) groups excluding carboxylic acids is 1. The van der Waals surface area contributed by atoms with Crippen molar-refractivity contribution >= 4 is 11.9 Å². The summed E-state index contributed by atoms with van der Waals surface area (Å²) in [6, 6.07) is 15.7. The standard InChI is InChI=1S/C30H37N3O4/c1-4-13-32-19-22(3)33(20-21(32)2)29(25-8-6-10-27(34)18-25)24-7-5-9-26(17-24)30(37)31-14-11-23(12-15-31)16-28(35)36/h4-10,16-18,21-22,29,34H,1,11-15,19-20H2,2-3H3,(H,35,36)/t21-,22-,29?/m1/s1. The molecule has 0 bridgehead atoms. The van der Waals surface area contributed by atoms with Crippen LogP contribution in [-0.2, 0) is 4.79 Å². The highest BCUT2D eigenvalue weighted by Crippen LogP contribution is 2.35. The number of carboxylic acids is 1. The summed E-state index contributed by atoms with van der Waals surface area (Å²) >= 11 is 0. The molecule has 2 aromatic rings. The van der Waals surface area contributed by atoms with Crippen LogP contribution in [0.2, 0.25) is 0 Å². The van der Waals surface area contributed by atoms with Gasteiger partial charge in [0.1, 0.15) is 5.75 Å². The van der Waals surface area contributed by atoms with Crippen molar-refractivity contribution in [3.05, 3.63) is 89.5 Å². The molecule has 3 atom stereocenters. The zero-order valence-electron chi connectivity index (χ0n) is 21.7. The fraction of sp³-hybridized carbons (Fsp3) is 0.400. The first-order valence-electron chi connectivity index (χ1n) is 13.0. The van der Waals surface area contributed by atoms with Gasteiger partial charge in [-0.2, -0.15) is 0 Å². The minimum Gasteiger partial charge on any atom is -0.508 e. The monoisotopic (exact) mass is 503 g/mol. The number of aliphatic carboxylic acids is 1. The Hall–Kier alpha value is -3.42. The molecular formula is C30H37N3O4. The second-order valence-corrected chi connectivity index (χ2v) is 10.2. The van der Waals surface area contributed by atoms with E-state index in [1.165, 1.54) is 6.08 Å². The topological polar surface area (TPSA) is 84.3 Å². The predicted octanol–water partition coefficient (Wildman–Crippen LogP) is 4.31. The Morgan fingerprint density at radius 1 is 1.03 bits per heavy atom. The van der Waals surface area contributed by atoms with Crippen molar-refractivity contribution in [2.45, 2.75) is 44.8 Å². The van der Waals surface area contributed by atoms with Crippen molar-refractivity contribution in [2.24, 2.45) is 0 Å². The maximum atomic E-state index is 13.4. The number of rotatable bonds is 7. The Morgan fingerprint density at radius 2 is 1.70 bits per heavy atom. The zero-order chi connectivity index (χ0) is 26.5. The highest BCUT2D eigenvalue weighted by Gasteiger charge is 2.35. The van der Waals surface area contributed by atoms with E-state index in [1.807, 2.05) is 42.5 Å². The number of aromatic hydroxyl groups is 1. The lowest BCUT2D eigenvalue weighted by atomic mass is 9.92. The summed E-state index contributed by atoms with van der Waals surface area (Å²) in [5.41, 5.74) is 3.49. The first-order valence-corrected chi connectivity index (χ1v) is 13.0. The molecule has 2 heterocycles. The highest BCUT2D eigenvalue weighted by atomic mass is 16.4. The smallest absolute Gasteiger partial charge is 0.328 e. The number of phenolic OH excluding ortho intramolecular Hbond substituents is 1. The first-order chi connectivity index (χ1) is 17.8. The van der Waals surface area contributed by atoms with Gasteiger partial charge in [-0.3, -0.25) is 14.6 Å². The molecule has 37 heavy (non-hydrogen) atoms. The lowest BCUT2D eigenvalue weighted by molar-refractivity contribution is -0.131. The van der Waals surface area contributed by atoms with E-state index in [1.54, 1.807) is 11.0 Å². The second kappa shape index (κ2) is 11.8. The SMILES string of the molecule is C=CCN1C[C@@H](C)N(C(c2cccc(O)c2)c2cccc(C(=O)N3CCC(=CC(=O)O)CC3)c2)C[C@H]1C. The van der Waals surface area contributed by atoms with Crippen LogP contribution in [0.3, 0.4) is 0 Å². The number of piperidine rings is 1.